The van der Waals surface area contributed by atoms with Crippen molar-refractivity contribution in [3.05, 3.63) is 35.6 Å². The van der Waals surface area contributed by atoms with Crippen LogP contribution in [0.2, 0.25) is 0 Å². The summed E-state index contributed by atoms with van der Waals surface area (Å²) in [6.45, 7) is 1.69. The first kappa shape index (κ1) is 19.6. The second kappa shape index (κ2) is 8.37. The van der Waals surface area contributed by atoms with E-state index in [-0.39, 0.29) is 11.8 Å². The Bertz CT molecular complexity index is 1010. The van der Waals surface area contributed by atoms with Crippen LogP contribution in [0.1, 0.15) is 54.6 Å². The number of hydrogen-bond donors (Lipinski definition) is 1. The van der Waals surface area contributed by atoms with E-state index in [4.69, 9.17) is 9.15 Å². The van der Waals surface area contributed by atoms with Crippen LogP contribution < -0.4 is 5.32 Å². The number of methoxy groups -OCH3 is 1. The van der Waals surface area contributed by atoms with Gasteiger partial charge in [-0.05, 0) is 37.8 Å². The third-order valence-corrected chi connectivity index (χ3v) is 6.49. The highest BCUT2D eigenvalue weighted by Gasteiger charge is 2.29. The maximum atomic E-state index is 12.7. The third kappa shape index (κ3) is 4.05. The number of ether oxygens (including phenoxy) is 1. The molecule has 6 nitrogen and oxygen atoms in total. The smallest absolute Gasteiger partial charge is 0.342 e. The number of furan rings is 1. The summed E-state index contributed by atoms with van der Waals surface area (Å²) in [5.41, 5.74) is 1.63. The predicted octanol–water partition coefficient (Wildman–Crippen LogP) is 5.56. The molecule has 1 N–H and O–H groups in total. The number of aryl methyl sites for hydroxylation is 1. The molecule has 0 bridgehead atoms. The average molecular weight is 413 g/mol. The van der Waals surface area contributed by atoms with E-state index in [0.717, 1.165) is 23.1 Å². The Morgan fingerprint density at radius 3 is 2.72 bits per heavy atom. The SMILES string of the molecule is COC(=O)c1c(C)oc(NC(=O)CC2CCCCC2)c1-c1nc2ccccc2s1. The Morgan fingerprint density at radius 2 is 2.00 bits per heavy atom. The van der Waals surface area contributed by atoms with Crippen LogP contribution in [0.4, 0.5) is 5.88 Å². The Kier molecular flexibility index (Phi) is 5.67. The van der Waals surface area contributed by atoms with Crippen molar-refractivity contribution in [3.8, 4) is 10.6 Å². The van der Waals surface area contributed by atoms with E-state index < -0.39 is 5.97 Å². The van der Waals surface area contributed by atoms with Crippen LogP contribution in [-0.2, 0) is 9.53 Å². The summed E-state index contributed by atoms with van der Waals surface area (Å²) in [6, 6.07) is 7.75. The van der Waals surface area contributed by atoms with Gasteiger partial charge in [0.15, 0.2) is 0 Å². The molecule has 0 radical (unpaired) electrons. The fraction of sp³-hybridized carbons (Fsp3) is 0.409. The molecule has 0 saturated heterocycles. The first-order chi connectivity index (χ1) is 14.1. The number of anilines is 1. The maximum Gasteiger partial charge on any atom is 0.342 e. The number of nitrogens with zero attached hydrogens (tertiary/aromatic N) is 1. The molecule has 1 aliphatic rings. The van der Waals surface area contributed by atoms with Crippen molar-refractivity contribution in [3.63, 3.8) is 0 Å². The Hall–Kier alpha value is -2.67. The van der Waals surface area contributed by atoms with E-state index in [1.54, 1.807) is 6.92 Å². The second-order valence-electron chi connectivity index (χ2n) is 7.47. The number of fused-ring (bicyclic) bond motifs is 1. The second-order valence-corrected chi connectivity index (χ2v) is 8.50. The molecule has 1 amide bonds. The molecule has 0 atom stereocenters. The molecule has 0 spiro atoms. The molecular weight excluding hydrogens is 388 g/mol. The largest absolute Gasteiger partial charge is 0.465 e. The molecule has 1 fully saturated rings. The molecule has 2 aromatic heterocycles. The van der Waals surface area contributed by atoms with Crippen LogP contribution in [0.15, 0.2) is 28.7 Å². The molecule has 1 aromatic carbocycles. The normalized spacial score (nSPS) is 14.8. The van der Waals surface area contributed by atoms with Gasteiger partial charge in [-0.1, -0.05) is 31.4 Å². The summed E-state index contributed by atoms with van der Waals surface area (Å²) in [5, 5.41) is 3.52. The summed E-state index contributed by atoms with van der Waals surface area (Å²) >= 11 is 1.45. The van der Waals surface area contributed by atoms with Gasteiger partial charge in [0.1, 0.15) is 16.3 Å². The number of rotatable bonds is 5. The quantitative estimate of drug-likeness (QED) is 0.555. The number of para-hydroxylation sites is 1. The van der Waals surface area contributed by atoms with Crippen LogP contribution in [-0.4, -0.2) is 24.0 Å². The Balaban J connectivity index is 1.69. The highest BCUT2D eigenvalue weighted by atomic mass is 32.1. The number of carbonyl (C=O) groups excluding carboxylic acids is 2. The lowest BCUT2D eigenvalue weighted by Crippen LogP contribution is -2.18. The molecule has 4 rings (SSSR count). The minimum Gasteiger partial charge on any atom is -0.465 e. The van der Waals surface area contributed by atoms with Crippen molar-refractivity contribution in [1.82, 2.24) is 4.98 Å². The summed E-state index contributed by atoms with van der Waals surface area (Å²) in [4.78, 5) is 29.8. The number of amides is 1. The van der Waals surface area contributed by atoms with Crippen LogP contribution in [0.5, 0.6) is 0 Å². The summed E-state index contributed by atoms with van der Waals surface area (Å²) in [5.74, 6) is 0.477. The van der Waals surface area contributed by atoms with Crippen molar-refractivity contribution in [2.45, 2.75) is 45.4 Å². The molecule has 3 aromatic rings. The third-order valence-electron chi connectivity index (χ3n) is 5.43. The highest BCUT2D eigenvalue weighted by Crippen LogP contribution is 2.41. The number of aromatic nitrogens is 1. The molecule has 1 saturated carbocycles. The zero-order valence-corrected chi connectivity index (χ0v) is 17.4. The zero-order valence-electron chi connectivity index (χ0n) is 16.6. The van der Waals surface area contributed by atoms with Crippen molar-refractivity contribution >= 4 is 39.3 Å². The minimum atomic E-state index is -0.506. The van der Waals surface area contributed by atoms with E-state index in [1.165, 1.54) is 37.7 Å². The summed E-state index contributed by atoms with van der Waals surface area (Å²) in [7, 11) is 1.33. The van der Waals surface area contributed by atoms with Crippen LogP contribution in [0.3, 0.4) is 0 Å². The topological polar surface area (TPSA) is 81.4 Å². The van der Waals surface area contributed by atoms with Crippen LogP contribution in [0, 0.1) is 12.8 Å². The van der Waals surface area contributed by atoms with Crippen molar-refractivity contribution in [2.24, 2.45) is 5.92 Å². The standard InChI is InChI=1S/C22H24N2O4S/c1-13-18(22(26)27-2)19(21-23-15-10-6-7-11-16(15)29-21)20(28-13)24-17(25)12-14-8-4-3-5-9-14/h6-7,10-11,14H,3-5,8-9,12H2,1-2H3,(H,24,25). The lowest BCUT2D eigenvalue weighted by atomic mass is 9.87. The molecule has 7 heteroatoms. The first-order valence-corrected chi connectivity index (χ1v) is 10.8. The molecular formula is C22H24N2O4S. The van der Waals surface area contributed by atoms with Gasteiger partial charge in [-0.3, -0.25) is 10.1 Å². The fourth-order valence-electron chi connectivity index (χ4n) is 3.99. The van der Waals surface area contributed by atoms with E-state index in [2.05, 4.69) is 10.3 Å². The van der Waals surface area contributed by atoms with Gasteiger partial charge < -0.3 is 9.15 Å². The van der Waals surface area contributed by atoms with Gasteiger partial charge in [-0.15, -0.1) is 11.3 Å². The zero-order chi connectivity index (χ0) is 20.4. The molecule has 0 unspecified atom stereocenters. The van der Waals surface area contributed by atoms with Gasteiger partial charge in [-0.2, -0.15) is 0 Å². The van der Waals surface area contributed by atoms with E-state index in [0.29, 0.717) is 34.2 Å². The van der Waals surface area contributed by atoms with Gasteiger partial charge in [-0.25, -0.2) is 9.78 Å². The van der Waals surface area contributed by atoms with Gasteiger partial charge in [0.05, 0.1) is 22.9 Å². The highest BCUT2D eigenvalue weighted by molar-refractivity contribution is 7.21. The van der Waals surface area contributed by atoms with Gasteiger partial charge in [0.2, 0.25) is 11.8 Å². The maximum absolute atomic E-state index is 12.7. The molecule has 2 heterocycles. The van der Waals surface area contributed by atoms with Gasteiger partial charge in [0, 0.05) is 6.42 Å². The molecule has 152 valence electrons. The number of carbonyl (C=O) groups is 2. The Labute approximate surface area is 173 Å². The van der Waals surface area contributed by atoms with E-state index >= 15 is 0 Å². The molecule has 1 aliphatic carbocycles. The van der Waals surface area contributed by atoms with Gasteiger partial charge in [0.25, 0.3) is 0 Å². The average Bonchev–Trinajstić information content (AvgIpc) is 3.28. The van der Waals surface area contributed by atoms with Crippen molar-refractivity contribution in [1.29, 1.82) is 0 Å². The summed E-state index contributed by atoms with van der Waals surface area (Å²) < 4.78 is 11.8. The summed E-state index contributed by atoms with van der Waals surface area (Å²) in [6.07, 6.45) is 6.25. The number of nitrogens with one attached hydrogen (secondary N) is 1. The molecule has 0 aliphatic heterocycles. The van der Waals surface area contributed by atoms with Crippen LogP contribution >= 0.6 is 11.3 Å². The number of benzene rings is 1. The number of esters is 1. The van der Waals surface area contributed by atoms with E-state index in [9.17, 15) is 9.59 Å². The Morgan fingerprint density at radius 1 is 1.24 bits per heavy atom. The fourth-order valence-corrected chi connectivity index (χ4v) is 5.01. The molecule has 29 heavy (non-hydrogen) atoms. The lowest BCUT2D eigenvalue weighted by molar-refractivity contribution is -0.117. The van der Waals surface area contributed by atoms with E-state index in [1.807, 2.05) is 24.3 Å². The van der Waals surface area contributed by atoms with Crippen molar-refractivity contribution in [2.75, 3.05) is 12.4 Å². The van der Waals surface area contributed by atoms with Crippen LogP contribution in [0.25, 0.3) is 20.8 Å². The predicted molar refractivity (Wildman–Crippen MR) is 113 cm³/mol. The lowest BCUT2D eigenvalue weighted by Gasteiger charge is -2.20. The number of hydrogen-bond acceptors (Lipinski definition) is 6. The monoisotopic (exact) mass is 412 g/mol. The van der Waals surface area contributed by atoms with Gasteiger partial charge >= 0.3 is 5.97 Å². The first-order valence-electron chi connectivity index (χ1n) is 9.94. The van der Waals surface area contributed by atoms with Crippen molar-refractivity contribution < 1.29 is 18.7 Å². The minimum absolute atomic E-state index is 0.0931. The number of thiazole rings is 1.